The Morgan fingerprint density at radius 2 is 2.17 bits per heavy atom. The second-order valence-corrected chi connectivity index (χ2v) is 5.47. The summed E-state index contributed by atoms with van der Waals surface area (Å²) in [6, 6.07) is 3.54. The summed E-state index contributed by atoms with van der Waals surface area (Å²) in [4.78, 5) is 14.0. The van der Waals surface area contributed by atoms with Crippen LogP contribution in [0.15, 0.2) is 12.1 Å². The van der Waals surface area contributed by atoms with E-state index < -0.39 is 0 Å². The molecule has 1 aliphatic rings. The molecule has 1 fully saturated rings. The van der Waals surface area contributed by atoms with Gasteiger partial charge in [-0.1, -0.05) is 31.4 Å². The Morgan fingerprint density at radius 1 is 1.39 bits per heavy atom. The fraction of sp³-hybridized carbons (Fsp3) is 0.615. The summed E-state index contributed by atoms with van der Waals surface area (Å²) in [6.45, 7) is 2.24. The number of aromatic nitrogens is 2. The first-order chi connectivity index (χ1) is 8.58. The van der Waals surface area contributed by atoms with Crippen LogP contribution < -0.4 is 0 Å². The predicted molar refractivity (Wildman–Crippen MR) is 70.6 cm³/mol. The minimum Gasteiger partial charge on any atom is -0.337 e. The lowest BCUT2D eigenvalue weighted by Gasteiger charge is -2.33. The van der Waals surface area contributed by atoms with E-state index in [-0.39, 0.29) is 5.91 Å². The van der Waals surface area contributed by atoms with Gasteiger partial charge in [0.15, 0.2) is 10.8 Å². The minimum absolute atomic E-state index is 0.0710. The molecule has 18 heavy (non-hydrogen) atoms. The van der Waals surface area contributed by atoms with Gasteiger partial charge in [-0.15, -0.1) is 10.2 Å². The van der Waals surface area contributed by atoms with Crippen LogP contribution in [0.3, 0.4) is 0 Å². The molecular weight excluding hydrogens is 250 g/mol. The fourth-order valence-corrected chi connectivity index (χ4v) is 2.63. The molecule has 2 atom stereocenters. The SMILES string of the molecule is CC1CCCC(N(C)C(=O)c2ccc(Cl)nn2)C1. The van der Waals surface area contributed by atoms with Crippen molar-refractivity contribution in [3.05, 3.63) is 23.0 Å². The van der Waals surface area contributed by atoms with Crippen LogP contribution in [0.25, 0.3) is 0 Å². The van der Waals surface area contributed by atoms with E-state index in [0.29, 0.717) is 22.8 Å². The van der Waals surface area contributed by atoms with E-state index in [1.54, 1.807) is 17.0 Å². The van der Waals surface area contributed by atoms with Crippen molar-refractivity contribution in [2.24, 2.45) is 5.92 Å². The molecular formula is C13H18ClN3O. The molecule has 4 nitrogen and oxygen atoms in total. The van der Waals surface area contributed by atoms with Gasteiger partial charge in [-0.25, -0.2) is 0 Å². The Kier molecular flexibility index (Phi) is 4.17. The molecule has 98 valence electrons. The van der Waals surface area contributed by atoms with E-state index in [4.69, 9.17) is 11.6 Å². The molecule has 5 heteroatoms. The van der Waals surface area contributed by atoms with Crippen molar-refractivity contribution >= 4 is 17.5 Å². The molecule has 1 aliphatic carbocycles. The van der Waals surface area contributed by atoms with Gasteiger partial charge in [0.2, 0.25) is 0 Å². The molecule has 0 aliphatic heterocycles. The normalized spacial score (nSPS) is 23.7. The van der Waals surface area contributed by atoms with Crippen LogP contribution >= 0.6 is 11.6 Å². The second-order valence-electron chi connectivity index (χ2n) is 5.08. The highest BCUT2D eigenvalue weighted by Crippen LogP contribution is 2.27. The molecule has 1 saturated carbocycles. The summed E-state index contributed by atoms with van der Waals surface area (Å²) in [5, 5.41) is 7.86. The zero-order chi connectivity index (χ0) is 13.1. The van der Waals surface area contributed by atoms with Crippen LogP contribution in [0, 0.1) is 5.92 Å². The van der Waals surface area contributed by atoms with Gasteiger partial charge in [-0.3, -0.25) is 4.79 Å². The van der Waals surface area contributed by atoms with Gasteiger partial charge in [-0.2, -0.15) is 0 Å². The summed E-state index contributed by atoms with van der Waals surface area (Å²) in [6.07, 6.45) is 4.60. The lowest BCUT2D eigenvalue weighted by atomic mass is 9.86. The summed E-state index contributed by atoms with van der Waals surface area (Å²) < 4.78 is 0. The van der Waals surface area contributed by atoms with E-state index in [2.05, 4.69) is 17.1 Å². The van der Waals surface area contributed by atoms with Crippen LogP contribution in [0.1, 0.15) is 43.1 Å². The third-order valence-corrected chi connectivity index (χ3v) is 3.83. The first kappa shape index (κ1) is 13.3. The molecule has 0 radical (unpaired) electrons. The first-order valence-corrected chi connectivity index (χ1v) is 6.72. The Balaban J connectivity index is 2.06. The highest BCUT2D eigenvalue weighted by Gasteiger charge is 2.26. The van der Waals surface area contributed by atoms with Crippen molar-refractivity contribution in [1.29, 1.82) is 0 Å². The molecule has 1 heterocycles. The van der Waals surface area contributed by atoms with Gasteiger partial charge in [0.25, 0.3) is 5.91 Å². The maximum Gasteiger partial charge on any atom is 0.274 e. The van der Waals surface area contributed by atoms with E-state index in [9.17, 15) is 4.79 Å². The molecule has 1 amide bonds. The van der Waals surface area contributed by atoms with Gasteiger partial charge < -0.3 is 4.90 Å². The van der Waals surface area contributed by atoms with Gasteiger partial charge in [0.1, 0.15) is 0 Å². The molecule has 2 rings (SSSR count). The van der Waals surface area contributed by atoms with Gasteiger partial charge in [-0.05, 0) is 30.9 Å². The largest absolute Gasteiger partial charge is 0.337 e. The Labute approximate surface area is 112 Å². The maximum absolute atomic E-state index is 12.2. The molecule has 1 aromatic heterocycles. The third-order valence-electron chi connectivity index (χ3n) is 3.63. The molecule has 0 aromatic carbocycles. The number of halogens is 1. The average Bonchev–Trinajstić information content (AvgIpc) is 2.38. The topological polar surface area (TPSA) is 46.1 Å². The van der Waals surface area contributed by atoms with Crippen molar-refractivity contribution in [2.45, 2.75) is 38.6 Å². The standard InChI is InChI=1S/C13H18ClN3O/c1-9-4-3-5-10(8-9)17(2)13(18)11-6-7-12(14)16-15-11/h6-7,9-10H,3-5,8H2,1-2H3. The highest BCUT2D eigenvalue weighted by atomic mass is 35.5. The maximum atomic E-state index is 12.2. The van der Waals surface area contributed by atoms with E-state index in [0.717, 1.165) is 12.8 Å². The molecule has 0 saturated heterocycles. The van der Waals surface area contributed by atoms with Crippen LogP contribution in [-0.4, -0.2) is 34.1 Å². The van der Waals surface area contributed by atoms with Crippen LogP contribution in [0.2, 0.25) is 5.15 Å². The van der Waals surface area contributed by atoms with Crippen LogP contribution in [0.4, 0.5) is 0 Å². The quantitative estimate of drug-likeness (QED) is 0.828. The van der Waals surface area contributed by atoms with E-state index >= 15 is 0 Å². The summed E-state index contributed by atoms with van der Waals surface area (Å²) >= 11 is 5.67. The minimum atomic E-state index is -0.0710. The summed E-state index contributed by atoms with van der Waals surface area (Å²) in [7, 11) is 1.85. The monoisotopic (exact) mass is 267 g/mol. The Morgan fingerprint density at radius 3 is 2.78 bits per heavy atom. The number of carbonyl (C=O) groups is 1. The summed E-state index contributed by atoms with van der Waals surface area (Å²) in [5.74, 6) is 0.619. The van der Waals surface area contributed by atoms with E-state index in [1.165, 1.54) is 12.8 Å². The molecule has 0 bridgehead atoms. The number of hydrogen-bond donors (Lipinski definition) is 0. The fourth-order valence-electron chi connectivity index (χ4n) is 2.53. The molecule has 2 unspecified atom stereocenters. The first-order valence-electron chi connectivity index (χ1n) is 6.34. The van der Waals surface area contributed by atoms with Crippen LogP contribution in [0.5, 0.6) is 0 Å². The zero-order valence-corrected chi connectivity index (χ0v) is 11.5. The zero-order valence-electron chi connectivity index (χ0n) is 10.8. The van der Waals surface area contributed by atoms with E-state index in [1.807, 2.05) is 7.05 Å². The Hall–Kier alpha value is -1.16. The van der Waals surface area contributed by atoms with Gasteiger partial charge in [0.05, 0.1) is 0 Å². The molecule has 0 spiro atoms. The lowest BCUT2D eigenvalue weighted by Crippen LogP contribution is -2.40. The number of carbonyl (C=O) groups excluding carboxylic acids is 1. The number of nitrogens with zero attached hydrogens (tertiary/aromatic N) is 3. The van der Waals surface area contributed by atoms with Gasteiger partial charge >= 0.3 is 0 Å². The smallest absolute Gasteiger partial charge is 0.274 e. The van der Waals surface area contributed by atoms with Crippen molar-refractivity contribution < 1.29 is 4.79 Å². The number of amides is 1. The third kappa shape index (κ3) is 2.99. The van der Waals surface area contributed by atoms with Crippen LogP contribution in [-0.2, 0) is 0 Å². The highest BCUT2D eigenvalue weighted by molar-refractivity contribution is 6.29. The van der Waals surface area contributed by atoms with Crippen molar-refractivity contribution in [3.63, 3.8) is 0 Å². The molecule has 0 N–H and O–H groups in total. The lowest BCUT2D eigenvalue weighted by molar-refractivity contribution is 0.0665. The Bertz CT molecular complexity index is 421. The second kappa shape index (κ2) is 5.65. The summed E-state index contributed by atoms with van der Waals surface area (Å²) in [5.41, 5.74) is 0.361. The van der Waals surface area contributed by atoms with Crippen molar-refractivity contribution in [3.8, 4) is 0 Å². The number of rotatable bonds is 2. The average molecular weight is 268 g/mol. The predicted octanol–water partition coefficient (Wildman–Crippen LogP) is 2.78. The van der Waals surface area contributed by atoms with Crippen molar-refractivity contribution in [1.82, 2.24) is 15.1 Å². The molecule has 1 aromatic rings. The number of hydrogen-bond acceptors (Lipinski definition) is 3. The van der Waals surface area contributed by atoms with Gasteiger partial charge in [0, 0.05) is 13.1 Å². The van der Waals surface area contributed by atoms with Crippen molar-refractivity contribution in [2.75, 3.05) is 7.05 Å².